The third kappa shape index (κ3) is 6.55. The lowest BCUT2D eigenvalue weighted by atomic mass is 9.94. The van der Waals surface area contributed by atoms with Crippen molar-refractivity contribution >= 4 is 34.2 Å². The molecule has 0 atom stereocenters. The van der Waals surface area contributed by atoms with Crippen LogP contribution in [0, 0.1) is 5.92 Å². The predicted molar refractivity (Wildman–Crippen MR) is 94.7 cm³/mol. The number of carbonyl (C=O) groups is 1. The van der Waals surface area contributed by atoms with Crippen LogP contribution < -0.4 is 10.1 Å². The summed E-state index contributed by atoms with van der Waals surface area (Å²) in [7, 11) is 1.86. The monoisotopic (exact) mass is 390 g/mol. The molecule has 0 bridgehead atoms. The van der Waals surface area contributed by atoms with Gasteiger partial charge in [0.1, 0.15) is 12.4 Å². The minimum atomic E-state index is 0. The summed E-state index contributed by atoms with van der Waals surface area (Å²) in [5, 5.41) is 3.33. The molecule has 0 spiro atoms. The van der Waals surface area contributed by atoms with Crippen molar-refractivity contribution in [3.63, 3.8) is 0 Å². The molecule has 4 nitrogen and oxygen atoms in total. The van der Waals surface area contributed by atoms with Gasteiger partial charge in [0.2, 0.25) is 5.91 Å². The molecule has 0 aliphatic carbocycles. The van der Waals surface area contributed by atoms with Crippen LogP contribution in [0.4, 0.5) is 0 Å². The second-order valence-electron chi connectivity index (χ2n) is 5.52. The van der Waals surface area contributed by atoms with Crippen LogP contribution in [-0.2, 0) is 4.79 Å². The van der Waals surface area contributed by atoms with Crippen molar-refractivity contribution in [3.05, 3.63) is 28.7 Å². The van der Waals surface area contributed by atoms with Crippen LogP contribution >= 0.6 is 28.3 Å². The first kappa shape index (κ1) is 19.3. The lowest BCUT2D eigenvalue weighted by Gasteiger charge is -2.25. The molecule has 0 saturated carbocycles. The third-order valence-electron chi connectivity index (χ3n) is 3.86. The van der Waals surface area contributed by atoms with E-state index in [1.807, 2.05) is 31.3 Å². The Morgan fingerprint density at radius 2 is 1.95 bits per heavy atom. The van der Waals surface area contributed by atoms with E-state index in [4.69, 9.17) is 4.74 Å². The van der Waals surface area contributed by atoms with Crippen molar-refractivity contribution in [1.29, 1.82) is 0 Å². The number of nitrogens with zero attached hydrogens (tertiary/aromatic N) is 1. The first-order valence-electron chi connectivity index (χ1n) is 7.48. The van der Waals surface area contributed by atoms with Crippen molar-refractivity contribution in [3.8, 4) is 5.75 Å². The molecule has 1 aromatic rings. The summed E-state index contributed by atoms with van der Waals surface area (Å²) in [6.45, 7) is 3.22. The van der Waals surface area contributed by atoms with E-state index >= 15 is 0 Å². The molecule has 22 heavy (non-hydrogen) atoms. The molecule has 0 unspecified atom stereocenters. The van der Waals surface area contributed by atoms with Gasteiger partial charge in [0, 0.05) is 17.9 Å². The van der Waals surface area contributed by atoms with E-state index in [2.05, 4.69) is 21.2 Å². The number of hydrogen-bond acceptors (Lipinski definition) is 3. The normalized spacial score (nSPS) is 15.0. The SMILES string of the molecule is CN(CCOc1ccc(Br)cc1)C(=O)CC1CCNCC1.Cl. The van der Waals surface area contributed by atoms with Crippen LogP contribution in [-0.4, -0.2) is 44.1 Å². The smallest absolute Gasteiger partial charge is 0.222 e. The average molecular weight is 392 g/mol. The van der Waals surface area contributed by atoms with Crippen molar-refractivity contribution in [1.82, 2.24) is 10.2 Å². The van der Waals surface area contributed by atoms with Crippen LogP contribution in [0.25, 0.3) is 0 Å². The Hall–Kier alpha value is -0.780. The number of likely N-dealkylation sites (N-methyl/N-ethyl adjacent to an activating group) is 1. The maximum absolute atomic E-state index is 12.1. The Kier molecular flexibility index (Phi) is 8.83. The number of nitrogens with one attached hydrogen (secondary N) is 1. The molecule has 1 fully saturated rings. The molecule has 0 aromatic heterocycles. The number of amides is 1. The van der Waals surface area contributed by atoms with Crippen LogP contribution in [0.15, 0.2) is 28.7 Å². The van der Waals surface area contributed by atoms with Gasteiger partial charge in [-0.1, -0.05) is 15.9 Å². The number of ether oxygens (including phenoxy) is 1. The summed E-state index contributed by atoms with van der Waals surface area (Å²) in [4.78, 5) is 13.9. The van der Waals surface area contributed by atoms with Gasteiger partial charge in [0.05, 0.1) is 6.54 Å². The van der Waals surface area contributed by atoms with E-state index in [0.29, 0.717) is 25.5 Å². The van der Waals surface area contributed by atoms with Gasteiger partial charge in [-0.15, -0.1) is 12.4 Å². The Morgan fingerprint density at radius 1 is 1.32 bits per heavy atom. The van der Waals surface area contributed by atoms with Crippen LogP contribution in [0.3, 0.4) is 0 Å². The minimum absolute atomic E-state index is 0. The van der Waals surface area contributed by atoms with E-state index in [1.54, 1.807) is 4.90 Å². The molecule has 124 valence electrons. The first-order chi connectivity index (χ1) is 10.1. The molecule has 6 heteroatoms. The standard InChI is InChI=1S/C16H23BrN2O2.ClH/c1-19(16(20)12-13-6-8-18-9-7-13)10-11-21-15-4-2-14(17)3-5-15;/h2-5,13,18H,6-12H2,1H3;1H. The molecule has 1 N–H and O–H groups in total. The molecule has 1 aliphatic rings. The predicted octanol–water partition coefficient (Wildman–Crippen LogP) is 3.10. The highest BCUT2D eigenvalue weighted by molar-refractivity contribution is 9.10. The Morgan fingerprint density at radius 3 is 2.59 bits per heavy atom. The fourth-order valence-electron chi connectivity index (χ4n) is 2.44. The summed E-state index contributed by atoms with van der Waals surface area (Å²) >= 11 is 3.39. The van der Waals surface area contributed by atoms with Gasteiger partial charge in [0.25, 0.3) is 0 Å². The Balaban J connectivity index is 0.00000242. The lowest BCUT2D eigenvalue weighted by molar-refractivity contribution is -0.131. The zero-order chi connectivity index (χ0) is 15.1. The van der Waals surface area contributed by atoms with Crippen LogP contribution in [0.5, 0.6) is 5.75 Å². The number of benzene rings is 1. The fraction of sp³-hybridized carbons (Fsp3) is 0.562. The summed E-state index contributed by atoms with van der Waals surface area (Å²) in [6.07, 6.45) is 2.88. The molecule has 0 radical (unpaired) electrons. The van der Waals surface area contributed by atoms with Gasteiger partial charge in [-0.25, -0.2) is 0 Å². The third-order valence-corrected chi connectivity index (χ3v) is 4.39. The molecule has 1 heterocycles. The number of halogens is 2. The lowest BCUT2D eigenvalue weighted by Crippen LogP contribution is -2.35. The highest BCUT2D eigenvalue weighted by Crippen LogP contribution is 2.17. The number of rotatable bonds is 6. The van der Waals surface area contributed by atoms with Crippen LogP contribution in [0.2, 0.25) is 0 Å². The number of piperidine rings is 1. The maximum atomic E-state index is 12.1. The van der Waals surface area contributed by atoms with E-state index < -0.39 is 0 Å². The molecular formula is C16H24BrClN2O2. The minimum Gasteiger partial charge on any atom is -0.492 e. The van der Waals surface area contributed by atoms with E-state index in [9.17, 15) is 4.79 Å². The van der Waals surface area contributed by atoms with Gasteiger partial charge in [-0.3, -0.25) is 4.79 Å². The van der Waals surface area contributed by atoms with Crippen molar-refractivity contribution in [2.24, 2.45) is 5.92 Å². The molecular weight excluding hydrogens is 368 g/mol. The topological polar surface area (TPSA) is 41.6 Å². The molecule has 1 aromatic carbocycles. The molecule has 2 rings (SSSR count). The highest BCUT2D eigenvalue weighted by atomic mass is 79.9. The fourth-order valence-corrected chi connectivity index (χ4v) is 2.71. The van der Waals surface area contributed by atoms with Gasteiger partial charge in [-0.05, 0) is 56.1 Å². The zero-order valence-corrected chi connectivity index (χ0v) is 15.3. The largest absolute Gasteiger partial charge is 0.492 e. The van der Waals surface area contributed by atoms with Gasteiger partial charge in [0.15, 0.2) is 0 Å². The zero-order valence-electron chi connectivity index (χ0n) is 12.9. The Bertz CT molecular complexity index is 450. The molecule has 1 saturated heterocycles. The van der Waals surface area contributed by atoms with E-state index in [1.165, 1.54) is 0 Å². The molecule has 1 aliphatic heterocycles. The quantitative estimate of drug-likeness (QED) is 0.810. The summed E-state index contributed by atoms with van der Waals surface area (Å²) in [6, 6.07) is 7.73. The van der Waals surface area contributed by atoms with Crippen molar-refractivity contribution in [2.75, 3.05) is 33.3 Å². The average Bonchev–Trinajstić information content (AvgIpc) is 2.50. The van der Waals surface area contributed by atoms with Crippen molar-refractivity contribution in [2.45, 2.75) is 19.3 Å². The number of carbonyl (C=O) groups excluding carboxylic acids is 1. The van der Waals surface area contributed by atoms with Crippen LogP contribution in [0.1, 0.15) is 19.3 Å². The second-order valence-corrected chi connectivity index (χ2v) is 6.43. The highest BCUT2D eigenvalue weighted by Gasteiger charge is 2.18. The maximum Gasteiger partial charge on any atom is 0.222 e. The van der Waals surface area contributed by atoms with Crippen molar-refractivity contribution < 1.29 is 9.53 Å². The summed E-state index contributed by atoms with van der Waals surface area (Å²) in [5.74, 6) is 1.59. The van der Waals surface area contributed by atoms with E-state index in [0.717, 1.165) is 36.2 Å². The van der Waals surface area contributed by atoms with Gasteiger partial charge in [-0.2, -0.15) is 0 Å². The number of hydrogen-bond donors (Lipinski definition) is 1. The van der Waals surface area contributed by atoms with Gasteiger partial charge >= 0.3 is 0 Å². The van der Waals surface area contributed by atoms with Gasteiger partial charge < -0.3 is 15.0 Å². The summed E-state index contributed by atoms with van der Waals surface area (Å²) < 4.78 is 6.68. The Labute approximate surface area is 147 Å². The van der Waals surface area contributed by atoms with E-state index in [-0.39, 0.29) is 18.3 Å². The first-order valence-corrected chi connectivity index (χ1v) is 8.27. The molecule has 1 amide bonds. The second kappa shape index (κ2) is 10.1. The summed E-state index contributed by atoms with van der Waals surface area (Å²) in [5.41, 5.74) is 0.